The van der Waals surface area contributed by atoms with Crippen molar-refractivity contribution in [2.24, 2.45) is 10.8 Å². The normalized spacial score (nSPS) is 64.9. The second-order valence-electron chi connectivity index (χ2n) is 3.93. The molecule has 0 nitrogen and oxygen atoms in total. The van der Waals surface area contributed by atoms with Gasteiger partial charge in [-0.1, -0.05) is 12.2 Å². The monoisotopic (exact) mass is 112 g/mol. The molecule has 40 valence electrons. The van der Waals surface area contributed by atoms with Crippen LogP contribution >= 0.6 is 0 Å². The van der Waals surface area contributed by atoms with Crippen LogP contribution in [-0.4, -0.2) is 0 Å². The lowest BCUT2D eigenvalue weighted by Gasteiger charge is -1.78. The number of allylic oxidation sites excluding steroid dienone is 6. The van der Waals surface area contributed by atoms with Gasteiger partial charge in [-0.3, -0.25) is 0 Å². The van der Waals surface area contributed by atoms with E-state index in [1.54, 1.807) is 22.3 Å². The second-order valence-corrected chi connectivity index (χ2v) is 3.93. The van der Waals surface area contributed by atoms with Crippen LogP contribution in [-0.2, 0) is 0 Å². The minimum Gasteiger partial charge on any atom is -0.0533 e. The summed E-state index contributed by atoms with van der Waals surface area (Å²) in [4.78, 5) is 0. The molecule has 0 bridgehead atoms. The van der Waals surface area contributed by atoms with Crippen LogP contribution in [0.3, 0.4) is 0 Å². The fraction of sp³-hybridized carbons (Fsp3) is 0.333. The van der Waals surface area contributed by atoms with Crippen molar-refractivity contribution in [2.45, 2.75) is 6.42 Å². The van der Waals surface area contributed by atoms with Gasteiger partial charge in [0.15, 0.2) is 0 Å². The molecule has 0 aromatic heterocycles. The summed E-state index contributed by atoms with van der Waals surface area (Å²) in [6.45, 7) is 0. The third kappa shape index (κ3) is 0.0846. The summed E-state index contributed by atoms with van der Waals surface area (Å²) in [5, 5.41) is 0. The summed E-state index contributed by atoms with van der Waals surface area (Å²) >= 11 is 0. The fourth-order valence-electron chi connectivity index (χ4n) is 3.47. The Bertz CT molecular complexity index is 364. The highest BCUT2D eigenvalue weighted by Crippen LogP contribution is 3.03. The highest BCUT2D eigenvalue weighted by atomic mass is 15.0. The van der Waals surface area contributed by atoms with E-state index in [1.165, 1.54) is 6.42 Å². The molecule has 0 heteroatoms. The van der Waals surface area contributed by atoms with Gasteiger partial charge >= 0.3 is 0 Å². The zero-order valence-corrected chi connectivity index (χ0v) is 4.86. The van der Waals surface area contributed by atoms with Crippen LogP contribution in [0.5, 0.6) is 0 Å². The lowest BCUT2D eigenvalue weighted by molar-refractivity contribution is 0.855. The zero-order valence-electron chi connectivity index (χ0n) is 4.86. The van der Waals surface area contributed by atoms with Crippen molar-refractivity contribution in [1.29, 1.82) is 0 Å². The van der Waals surface area contributed by atoms with Gasteiger partial charge in [-0.15, -0.1) is 0 Å². The van der Waals surface area contributed by atoms with E-state index >= 15 is 0 Å². The highest BCUT2D eigenvalue weighted by molar-refractivity contribution is 5.98. The van der Waals surface area contributed by atoms with Crippen molar-refractivity contribution in [3.8, 4) is 0 Å². The molecule has 0 radical (unpaired) electrons. The first-order valence-corrected chi connectivity index (χ1v) is 3.61. The standard InChI is InChI=1S/C9H4/c1-4-6-2-7-5(1)9(7)3-8(4,6)9/h1-2H,3H2. The first-order chi connectivity index (χ1) is 4.41. The maximum atomic E-state index is 2.44. The Kier molecular flexibility index (Phi) is 0.130. The van der Waals surface area contributed by atoms with E-state index in [-0.39, 0.29) is 0 Å². The molecule has 0 N–H and O–H groups in total. The van der Waals surface area contributed by atoms with Gasteiger partial charge < -0.3 is 0 Å². The lowest BCUT2D eigenvalue weighted by atomic mass is 10.2. The van der Waals surface area contributed by atoms with Crippen molar-refractivity contribution in [3.63, 3.8) is 0 Å². The van der Waals surface area contributed by atoms with Crippen molar-refractivity contribution in [1.82, 2.24) is 0 Å². The molecule has 0 saturated heterocycles. The predicted octanol–water partition coefficient (Wildman–Crippen LogP) is 1.57. The van der Waals surface area contributed by atoms with Crippen molar-refractivity contribution in [2.75, 3.05) is 0 Å². The van der Waals surface area contributed by atoms with E-state index in [2.05, 4.69) is 12.2 Å². The number of hydrogen-bond donors (Lipinski definition) is 0. The van der Waals surface area contributed by atoms with Crippen LogP contribution in [0, 0.1) is 10.8 Å². The average Bonchev–Trinajstić information content (AvgIpc) is 2.76. The molecule has 0 aromatic carbocycles. The van der Waals surface area contributed by atoms with Gasteiger partial charge in [0, 0.05) is 10.8 Å². The first-order valence-electron chi connectivity index (χ1n) is 3.61. The summed E-state index contributed by atoms with van der Waals surface area (Å²) in [5.74, 6) is 0. The number of hydrogen-bond acceptors (Lipinski definition) is 0. The molecule has 5 aliphatic carbocycles. The van der Waals surface area contributed by atoms with Crippen molar-refractivity contribution < 1.29 is 0 Å². The van der Waals surface area contributed by atoms with Crippen LogP contribution in [0.2, 0.25) is 0 Å². The van der Waals surface area contributed by atoms with E-state index in [0.717, 1.165) is 10.8 Å². The lowest BCUT2D eigenvalue weighted by Crippen LogP contribution is -1.75. The van der Waals surface area contributed by atoms with Gasteiger partial charge in [-0.25, -0.2) is 0 Å². The quantitative estimate of drug-likeness (QED) is 0.446. The smallest absolute Gasteiger partial charge is 0.0359 e. The molecule has 2 spiro atoms. The van der Waals surface area contributed by atoms with Crippen LogP contribution in [0.25, 0.3) is 0 Å². The Hall–Kier alpha value is -0.780. The molecular weight excluding hydrogens is 108 g/mol. The van der Waals surface area contributed by atoms with Crippen LogP contribution < -0.4 is 0 Å². The Labute approximate surface area is 52.6 Å². The molecule has 5 aliphatic rings. The van der Waals surface area contributed by atoms with Gasteiger partial charge in [0.05, 0.1) is 0 Å². The zero-order chi connectivity index (χ0) is 5.43. The molecule has 0 unspecified atom stereocenters. The Morgan fingerprint density at radius 3 is 1.78 bits per heavy atom. The van der Waals surface area contributed by atoms with Gasteiger partial charge in [0.25, 0.3) is 0 Å². The largest absolute Gasteiger partial charge is 0.0533 e. The minimum atomic E-state index is 0.720. The van der Waals surface area contributed by atoms with Crippen molar-refractivity contribution >= 4 is 0 Å². The van der Waals surface area contributed by atoms with Gasteiger partial charge in [-0.2, -0.15) is 0 Å². The molecule has 0 heterocycles. The second kappa shape index (κ2) is 0.406. The summed E-state index contributed by atoms with van der Waals surface area (Å²) in [6.07, 6.45) is 6.37. The topological polar surface area (TPSA) is 0 Å². The Morgan fingerprint density at radius 2 is 1.67 bits per heavy atom. The Morgan fingerprint density at radius 1 is 1.00 bits per heavy atom. The van der Waals surface area contributed by atoms with Crippen LogP contribution in [0.15, 0.2) is 34.4 Å². The van der Waals surface area contributed by atoms with E-state index in [0.29, 0.717) is 0 Å². The molecule has 9 heavy (non-hydrogen) atoms. The summed E-state index contributed by atoms with van der Waals surface area (Å²) < 4.78 is 0. The summed E-state index contributed by atoms with van der Waals surface area (Å²) in [7, 11) is 0. The van der Waals surface area contributed by atoms with Gasteiger partial charge in [0.2, 0.25) is 0 Å². The van der Waals surface area contributed by atoms with E-state index in [1.807, 2.05) is 0 Å². The SMILES string of the molecule is C1=C2C3=CC4=C1C41CC231. The van der Waals surface area contributed by atoms with Gasteiger partial charge in [-0.05, 0) is 28.7 Å². The number of rotatable bonds is 0. The van der Waals surface area contributed by atoms with Gasteiger partial charge in [0.1, 0.15) is 0 Å². The third-order valence-corrected chi connectivity index (χ3v) is 4.01. The maximum Gasteiger partial charge on any atom is 0.0359 e. The predicted molar refractivity (Wildman–Crippen MR) is 32.7 cm³/mol. The van der Waals surface area contributed by atoms with Crippen molar-refractivity contribution in [3.05, 3.63) is 34.4 Å². The fourth-order valence-corrected chi connectivity index (χ4v) is 3.47. The molecule has 0 amide bonds. The number of fused-ring (bicyclic) bond motifs is 1. The summed E-state index contributed by atoms with van der Waals surface area (Å²) in [6, 6.07) is 0. The molecule has 0 atom stereocenters. The van der Waals surface area contributed by atoms with E-state index < -0.39 is 0 Å². The van der Waals surface area contributed by atoms with Crippen LogP contribution in [0.4, 0.5) is 0 Å². The minimum absolute atomic E-state index is 0.720. The maximum absolute atomic E-state index is 2.44. The molecule has 0 aromatic rings. The Balaban J connectivity index is 2.37. The molecule has 0 aliphatic heterocycles. The summed E-state index contributed by atoms with van der Waals surface area (Å²) in [5.41, 5.74) is 8.30. The van der Waals surface area contributed by atoms with E-state index in [4.69, 9.17) is 0 Å². The molecule has 2 fully saturated rings. The molecule has 2 saturated carbocycles. The average molecular weight is 112 g/mol. The highest BCUT2D eigenvalue weighted by Gasteiger charge is 2.94. The first kappa shape index (κ1) is 2.87. The molecule has 5 rings (SSSR count). The third-order valence-electron chi connectivity index (χ3n) is 4.01. The van der Waals surface area contributed by atoms with E-state index in [9.17, 15) is 0 Å². The van der Waals surface area contributed by atoms with Crippen LogP contribution in [0.1, 0.15) is 6.42 Å². The molecular formula is C9H4.